The molecule has 0 aliphatic carbocycles. The highest BCUT2D eigenvalue weighted by molar-refractivity contribution is 9.10. The fraction of sp³-hybridized carbons (Fsp3) is 0.348. The van der Waals surface area contributed by atoms with E-state index >= 15 is 0 Å². The summed E-state index contributed by atoms with van der Waals surface area (Å²) in [6.45, 7) is 4.12. The maximum atomic E-state index is 13.3. The number of aromatic nitrogens is 2. The van der Waals surface area contributed by atoms with Crippen molar-refractivity contribution in [3.8, 4) is 0 Å². The molecule has 2 amide bonds. The first-order chi connectivity index (χ1) is 15.0. The Hall–Kier alpha value is -2.71. The van der Waals surface area contributed by atoms with Crippen LogP contribution < -0.4 is 5.32 Å². The minimum absolute atomic E-state index is 0.0596. The number of hydrogen-bond donors (Lipinski definition) is 2. The Morgan fingerprint density at radius 3 is 2.94 bits per heavy atom. The molecule has 3 heterocycles. The van der Waals surface area contributed by atoms with Crippen molar-refractivity contribution in [2.45, 2.75) is 32.4 Å². The summed E-state index contributed by atoms with van der Waals surface area (Å²) in [6, 6.07) is 13.1. The van der Waals surface area contributed by atoms with Crippen LogP contribution in [0.1, 0.15) is 36.3 Å². The number of benzene rings is 2. The molecule has 5 rings (SSSR count). The summed E-state index contributed by atoms with van der Waals surface area (Å²) in [6.07, 6.45) is 1.41. The van der Waals surface area contributed by atoms with Crippen LogP contribution in [-0.2, 0) is 22.6 Å². The molecule has 0 bridgehead atoms. The molecule has 7 nitrogen and oxygen atoms in total. The first-order valence-electron chi connectivity index (χ1n) is 10.6. The molecule has 2 N–H and O–H groups in total. The fourth-order valence-corrected chi connectivity index (χ4v) is 4.92. The predicted molar refractivity (Wildman–Crippen MR) is 121 cm³/mol. The van der Waals surface area contributed by atoms with Gasteiger partial charge in [0.15, 0.2) is 0 Å². The third-order valence-electron chi connectivity index (χ3n) is 6.10. The number of aromatic amines is 1. The van der Waals surface area contributed by atoms with Crippen LogP contribution in [0.3, 0.4) is 0 Å². The number of carbonyl (C=O) groups excluding carboxylic acids is 2. The van der Waals surface area contributed by atoms with Gasteiger partial charge in [0.2, 0.25) is 5.91 Å². The molecule has 2 aliphatic heterocycles. The molecule has 1 saturated heterocycles. The minimum Gasteiger partial charge on any atom is -0.341 e. The molecule has 0 spiro atoms. The van der Waals surface area contributed by atoms with Gasteiger partial charge in [-0.1, -0.05) is 37.3 Å². The molecule has 0 radical (unpaired) electrons. The fourth-order valence-electron chi connectivity index (χ4n) is 4.47. The van der Waals surface area contributed by atoms with E-state index in [1.54, 1.807) is 5.01 Å². The lowest BCUT2D eigenvalue weighted by atomic mass is 9.98. The highest BCUT2D eigenvalue weighted by Crippen LogP contribution is 2.30. The van der Waals surface area contributed by atoms with E-state index in [2.05, 4.69) is 36.2 Å². The van der Waals surface area contributed by atoms with Crippen LogP contribution in [0, 0.1) is 5.92 Å². The van der Waals surface area contributed by atoms with E-state index in [1.165, 1.54) is 0 Å². The first-order valence-corrected chi connectivity index (χ1v) is 11.4. The normalized spacial score (nSPS) is 19.7. The average molecular weight is 482 g/mol. The number of rotatable bonds is 4. The van der Waals surface area contributed by atoms with Crippen LogP contribution in [-0.4, -0.2) is 44.9 Å². The first kappa shape index (κ1) is 20.2. The number of nitrogens with zero attached hydrogens (tertiary/aromatic N) is 3. The molecule has 3 aromatic rings. The number of H-pyrrole nitrogens is 1. The highest BCUT2D eigenvalue weighted by atomic mass is 79.9. The van der Waals surface area contributed by atoms with Crippen molar-refractivity contribution in [1.82, 2.24) is 25.3 Å². The second kappa shape index (κ2) is 8.09. The zero-order valence-electron chi connectivity index (χ0n) is 17.3. The Kier molecular flexibility index (Phi) is 5.27. The molecule has 2 atom stereocenters. The monoisotopic (exact) mass is 481 g/mol. The molecule has 8 heteroatoms. The van der Waals surface area contributed by atoms with Gasteiger partial charge in [0.05, 0.1) is 11.0 Å². The third kappa shape index (κ3) is 3.74. The van der Waals surface area contributed by atoms with Gasteiger partial charge in [-0.05, 0) is 45.6 Å². The van der Waals surface area contributed by atoms with Crippen LogP contribution in [0.2, 0.25) is 0 Å². The Morgan fingerprint density at radius 1 is 1.26 bits per heavy atom. The predicted octanol–water partition coefficient (Wildman–Crippen LogP) is 3.32. The van der Waals surface area contributed by atoms with Crippen molar-refractivity contribution in [3.63, 3.8) is 0 Å². The number of halogens is 1. The molecule has 1 fully saturated rings. The topological polar surface area (TPSA) is 81.3 Å². The van der Waals surface area contributed by atoms with Crippen molar-refractivity contribution in [2.24, 2.45) is 5.92 Å². The van der Waals surface area contributed by atoms with E-state index in [0.717, 1.165) is 45.4 Å². The number of imidazole rings is 1. The SMILES string of the molecule is CC(Cc1nc2cccc(Br)c2[nH]1)C(=O)N[C@@H]1C(=O)N2CCCN2Cc2ccccc21. The number of amides is 2. The maximum Gasteiger partial charge on any atom is 0.264 e. The van der Waals surface area contributed by atoms with E-state index in [4.69, 9.17) is 0 Å². The molecule has 31 heavy (non-hydrogen) atoms. The largest absolute Gasteiger partial charge is 0.341 e. The number of hydrogen-bond acceptors (Lipinski definition) is 4. The zero-order valence-corrected chi connectivity index (χ0v) is 18.9. The average Bonchev–Trinajstić information content (AvgIpc) is 3.37. The van der Waals surface area contributed by atoms with Crippen molar-refractivity contribution in [3.05, 3.63) is 63.9 Å². The molecule has 1 aromatic heterocycles. The quantitative estimate of drug-likeness (QED) is 0.598. The summed E-state index contributed by atoms with van der Waals surface area (Å²) < 4.78 is 0.941. The van der Waals surface area contributed by atoms with E-state index in [-0.39, 0.29) is 17.7 Å². The Labute approximate surface area is 188 Å². The summed E-state index contributed by atoms with van der Waals surface area (Å²) in [5.41, 5.74) is 3.75. The smallest absolute Gasteiger partial charge is 0.264 e. The summed E-state index contributed by atoms with van der Waals surface area (Å²) >= 11 is 3.53. The van der Waals surface area contributed by atoms with Gasteiger partial charge in [-0.25, -0.2) is 9.99 Å². The van der Waals surface area contributed by atoms with Crippen LogP contribution >= 0.6 is 15.9 Å². The molecule has 2 aromatic carbocycles. The van der Waals surface area contributed by atoms with Crippen molar-refractivity contribution < 1.29 is 9.59 Å². The van der Waals surface area contributed by atoms with Crippen LogP contribution in [0.4, 0.5) is 0 Å². The molecule has 2 aliphatic rings. The minimum atomic E-state index is -0.668. The lowest BCUT2D eigenvalue weighted by Gasteiger charge is -2.28. The number of hydrazine groups is 1. The molecular weight excluding hydrogens is 458 g/mol. The van der Waals surface area contributed by atoms with Gasteiger partial charge >= 0.3 is 0 Å². The van der Waals surface area contributed by atoms with E-state index in [1.807, 2.05) is 49.4 Å². The third-order valence-corrected chi connectivity index (χ3v) is 6.76. The number of nitrogens with one attached hydrogen (secondary N) is 2. The number of fused-ring (bicyclic) bond motifs is 3. The maximum absolute atomic E-state index is 13.3. The van der Waals surface area contributed by atoms with Gasteiger partial charge < -0.3 is 10.3 Å². The van der Waals surface area contributed by atoms with Gasteiger partial charge in [0.1, 0.15) is 11.9 Å². The number of para-hydroxylation sites is 1. The van der Waals surface area contributed by atoms with Gasteiger partial charge in [-0.2, -0.15) is 0 Å². The van der Waals surface area contributed by atoms with Crippen LogP contribution in [0.5, 0.6) is 0 Å². The Bertz CT molecular complexity index is 1160. The highest BCUT2D eigenvalue weighted by Gasteiger charge is 2.38. The Morgan fingerprint density at radius 2 is 2.10 bits per heavy atom. The lowest BCUT2D eigenvalue weighted by molar-refractivity contribution is -0.148. The van der Waals surface area contributed by atoms with Crippen molar-refractivity contribution in [2.75, 3.05) is 13.1 Å². The lowest BCUT2D eigenvalue weighted by Crippen LogP contribution is -2.46. The standard InChI is InChI=1S/C23H24BrN5O2/c1-14(12-19-25-18-9-4-8-17(24)21(18)26-19)22(30)27-20-16-7-3-2-6-15(16)13-28-10-5-11-29(28)23(20)31/h2-4,6-9,14,20H,5,10-13H2,1H3,(H,25,26)(H,27,30)/t14?,20-/m0/s1. The molecular formula is C23H24BrN5O2. The summed E-state index contributed by atoms with van der Waals surface area (Å²) in [5, 5.41) is 6.92. The van der Waals surface area contributed by atoms with Crippen molar-refractivity contribution >= 4 is 38.8 Å². The summed E-state index contributed by atoms with van der Waals surface area (Å²) in [5.74, 6) is 0.205. The van der Waals surface area contributed by atoms with Gasteiger partial charge in [0, 0.05) is 36.4 Å². The Balaban J connectivity index is 1.36. The van der Waals surface area contributed by atoms with Gasteiger partial charge in [0.25, 0.3) is 5.91 Å². The van der Waals surface area contributed by atoms with Gasteiger partial charge in [-0.3, -0.25) is 14.6 Å². The second-order valence-corrected chi connectivity index (χ2v) is 9.12. The van der Waals surface area contributed by atoms with Crippen LogP contribution in [0.25, 0.3) is 11.0 Å². The van der Waals surface area contributed by atoms with Crippen LogP contribution in [0.15, 0.2) is 46.9 Å². The van der Waals surface area contributed by atoms with E-state index < -0.39 is 6.04 Å². The number of carbonyl (C=O) groups is 2. The van der Waals surface area contributed by atoms with E-state index in [0.29, 0.717) is 19.5 Å². The summed E-state index contributed by atoms with van der Waals surface area (Å²) in [4.78, 5) is 34.3. The zero-order chi connectivity index (χ0) is 21.5. The van der Waals surface area contributed by atoms with Gasteiger partial charge in [-0.15, -0.1) is 0 Å². The van der Waals surface area contributed by atoms with E-state index in [9.17, 15) is 9.59 Å². The molecule has 160 valence electrons. The summed E-state index contributed by atoms with van der Waals surface area (Å²) in [7, 11) is 0. The molecule has 1 unspecified atom stereocenters. The molecule has 0 saturated carbocycles. The second-order valence-electron chi connectivity index (χ2n) is 8.27. The van der Waals surface area contributed by atoms with Crippen molar-refractivity contribution in [1.29, 1.82) is 0 Å².